The predicted octanol–water partition coefficient (Wildman–Crippen LogP) is 2.63. The van der Waals surface area contributed by atoms with Gasteiger partial charge in [-0.1, -0.05) is 17.3 Å². The Morgan fingerprint density at radius 1 is 1.22 bits per heavy atom. The molecule has 3 fully saturated rings. The van der Waals surface area contributed by atoms with E-state index in [9.17, 15) is 13.8 Å². The Kier molecular flexibility index (Phi) is 10.1. The molecule has 13 heteroatoms. The SMILES string of the molecule is COCCC(=O)N1CCN(Cc2cnc(NC(=O)/C(=N/O[C@@H]3CCOC3)c3ccc(S(=O)C4CC4)cc3)s2)C[C@@H]1C. The van der Waals surface area contributed by atoms with Gasteiger partial charge in [-0.25, -0.2) is 4.98 Å². The van der Waals surface area contributed by atoms with E-state index in [1.54, 1.807) is 37.6 Å². The number of nitrogens with zero attached hydrogens (tertiary/aromatic N) is 4. The van der Waals surface area contributed by atoms with Crippen LogP contribution in [0.4, 0.5) is 5.13 Å². The molecule has 3 atom stereocenters. The molecular formula is C28H37N5O6S2. The van der Waals surface area contributed by atoms with Crippen molar-refractivity contribution < 1.29 is 28.1 Å². The van der Waals surface area contributed by atoms with E-state index in [4.69, 9.17) is 14.3 Å². The Bertz CT molecular complexity index is 1260. The third-order valence-electron chi connectivity index (χ3n) is 7.29. The number of oxime groups is 1. The average Bonchev–Trinajstić information content (AvgIpc) is 3.52. The number of hydrogen-bond donors (Lipinski definition) is 1. The van der Waals surface area contributed by atoms with E-state index < -0.39 is 16.7 Å². The van der Waals surface area contributed by atoms with Crippen LogP contribution < -0.4 is 5.32 Å². The number of ether oxygens (including phenoxy) is 2. The van der Waals surface area contributed by atoms with Crippen molar-refractivity contribution in [2.45, 2.75) is 61.4 Å². The Morgan fingerprint density at radius 2 is 2.02 bits per heavy atom. The van der Waals surface area contributed by atoms with Crippen LogP contribution in [0.25, 0.3) is 0 Å². The van der Waals surface area contributed by atoms with Crippen molar-refractivity contribution in [2.24, 2.45) is 5.16 Å². The van der Waals surface area contributed by atoms with Crippen molar-refractivity contribution in [1.82, 2.24) is 14.8 Å². The average molecular weight is 604 g/mol. The van der Waals surface area contributed by atoms with Gasteiger partial charge in [-0.3, -0.25) is 24.0 Å². The maximum absolute atomic E-state index is 13.4. The van der Waals surface area contributed by atoms with Crippen LogP contribution in [-0.2, 0) is 41.2 Å². The highest BCUT2D eigenvalue weighted by Crippen LogP contribution is 2.30. The van der Waals surface area contributed by atoms with Gasteiger partial charge in [0.2, 0.25) is 5.91 Å². The molecule has 0 spiro atoms. The van der Waals surface area contributed by atoms with E-state index in [0.29, 0.717) is 56.4 Å². The van der Waals surface area contributed by atoms with Gasteiger partial charge in [0.25, 0.3) is 5.91 Å². The molecule has 5 rings (SSSR count). The van der Waals surface area contributed by atoms with Gasteiger partial charge in [-0.2, -0.15) is 0 Å². The van der Waals surface area contributed by atoms with Gasteiger partial charge in [-0.15, -0.1) is 11.3 Å². The minimum Gasteiger partial charge on any atom is -0.389 e. The lowest BCUT2D eigenvalue weighted by Crippen LogP contribution is -2.53. The second-order valence-electron chi connectivity index (χ2n) is 10.6. The highest BCUT2D eigenvalue weighted by Gasteiger charge is 2.30. The zero-order valence-electron chi connectivity index (χ0n) is 23.5. The first-order chi connectivity index (χ1) is 19.9. The second kappa shape index (κ2) is 14.0. The number of aromatic nitrogens is 1. The monoisotopic (exact) mass is 603 g/mol. The van der Waals surface area contributed by atoms with Crippen LogP contribution in [-0.4, -0.2) is 100 Å². The van der Waals surface area contributed by atoms with Crippen molar-refractivity contribution in [3.8, 4) is 0 Å². The van der Waals surface area contributed by atoms with Crippen molar-refractivity contribution in [1.29, 1.82) is 0 Å². The summed E-state index contributed by atoms with van der Waals surface area (Å²) in [6.45, 7) is 6.41. The molecule has 0 radical (unpaired) electrons. The molecule has 1 saturated carbocycles. The standard InChI is InChI=1S/C28H37N5O6S2/c1-19-16-32(11-12-33(19)25(34)10-13-37-2)17-22-15-29-28(40-22)30-27(35)26(31-39-21-9-14-38-18-21)20-3-5-23(6-4-20)41(36)24-7-8-24/h3-6,15,19,21,24H,7-14,16-18H2,1-2H3,(H,29,30,35)/b31-26+/t19-,21+,41?/m0/s1. The minimum absolute atomic E-state index is 0.109. The molecule has 3 aliphatic rings. The molecule has 2 aromatic rings. The molecule has 1 aliphatic carbocycles. The number of carbonyl (C=O) groups excluding carboxylic acids is 2. The summed E-state index contributed by atoms with van der Waals surface area (Å²) < 4.78 is 22.9. The Morgan fingerprint density at radius 3 is 2.71 bits per heavy atom. The zero-order valence-corrected chi connectivity index (χ0v) is 25.1. The summed E-state index contributed by atoms with van der Waals surface area (Å²) in [4.78, 5) is 41.8. The van der Waals surface area contributed by atoms with Crippen LogP contribution in [0.15, 0.2) is 40.5 Å². The van der Waals surface area contributed by atoms with E-state index in [2.05, 4.69) is 27.3 Å². The quantitative estimate of drug-likeness (QED) is 0.290. The fourth-order valence-corrected chi connectivity index (χ4v) is 7.07. The lowest BCUT2D eigenvalue weighted by Gasteiger charge is -2.39. The fourth-order valence-electron chi connectivity index (χ4n) is 4.87. The smallest absolute Gasteiger partial charge is 0.280 e. The van der Waals surface area contributed by atoms with E-state index in [1.165, 1.54) is 11.3 Å². The van der Waals surface area contributed by atoms with Crippen molar-refractivity contribution >= 4 is 44.8 Å². The van der Waals surface area contributed by atoms with Crippen LogP contribution in [0.3, 0.4) is 0 Å². The molecule has 3 heterocycles. The largest absolute Gasteiger partial charge is 0.389 e. The maximum atomic E-state index is 13.4. The summed E-state index contributed by atoms with van der Waals surface area (Å²) >= 11 is 1.41. The van der Waals surface area contributed by atoms with Gasteiger partial charge >= 0.3 is 0 Å². The van der Waals surface area contributed by atoms with Gasteiger partial charge in [0, 0.05) is 72.5 Å². The van der Waals surface area contributed by atoms with Gasteiger partial charge in [0.05, 0.1) is 37.0 Å². The van der Waals surface area contributed by atoms with Gasteiger partial charge in [-0.05, 0) is 31.9 Å². The van der Waals surface area contributed by atoms with Crippen LogP contribution in [0.2, 0.25) is 0 Å². The van der Waals surface area contributed by atoms with Crippen LogP contribution in [0, 0.1) is 0 Å². The highest BCUT2D eigenvalue weighted by molar-refractivity contribution is 7.86. The van der Waals surface area contributed by atoms with Crippen molar-refractivity contribution in [2.75, 3.05) is 51.9 Å². The van der Waals surface area contributed by atoms with Gasteiger partial charge in [0.15, 0.2) is 16.9 Å². The molecule has 222 valence electrons. The molecule has 2 amide bonds. The van der Waals surface area contributed by atoms with E-state index >= 15 is 0 Å². The molecule has 2 saturated heterocycles. The second-order valence-corrected chi connectivity index (χ2v) is 13.4. The topological polar surface area (TPSA) is 123 Å². The summed E-state index contributed by atoms with van der Waals surface area (Å²) in [7, 11) is 0.575. The Balaban J connectivity index is 1.21. The normalized spacial score (nSPS) is 22.5. The third kappa shape index (κ3) is 7.98. The lowest BCUT2D eigenvalue weighted by molar-refractivity contribution is -0.136. The summed E-state index contributed by atoms with van der Waals surface area (Å²) in [5, 5.41) is 7.79. The van der Waals surface area contributed by atoms with E-state index in [1.807, 2.05) is 4.90 Å². The number of amides is 2. The summed E-state index contributed by atoms with van der Waals surface area (Å²) in [6, 6.07) is 7.21. The molecule has 1 aromatic heterocycles. The molecule has 1 aromatic carbocycles. The number of piperazine rings is 1. The number of thiazole rings is 1. The molecule has 1 unspecified atom stereocenters. The summed E-state index contributed by atoms with van der Waals surface area (Å²) in [5.41, 5.74) is 0.696. The number of carbonyl (C=O) groups is 2. The highest BCUT2D eigenvalue weighted by atomic mass is 32.2. The first kappa shape index (κ1) is 29.8. The molecule has 41 heavy (non-hydrogen) atoms. The number of nitrogens with one attached hydrogen (secondary N) is 1. The summed E-state index contributed by atoms with van der Waals surface area (Å²) in [6.07, 6.45) is 4.64. The summed E-state index contributed by atoms with van der Waals surface area (Å²) in [5.74, 6) is -0.313. The molecule has 2 aliphatic heterocycles. The fraction of sp³-hybridized carbons (Fsp3) is 0.571. The number of anilines is 1. The number of rotatable bonds is 12. The molecule has 1 N–H and O–H groups in total. The first-order valence-electron chi connectivity index (χ1n) is 14.0. The zero-order chi connectivity index (χ0) is 28.8. The first-order valence-corrected chi connectivity index (χ1v) is 16.0. The minimum atomic E-state index is -1.03. The number of methoxy groups -OCH3 is 1. The molecule has 11 nitrogen and oxygen atoms in total. The Hall–Kier alpha value is -2.71. The predicted molar refractivity (Wildman–Crippen MR) is 156 cm³/mol. The third-order valence-corrected chi connectivity index (χ3v) is 10.00. The van der Waals surface area contributed by atoms with Crippen molar-refractivity contribution in [3.63, 3.8) is 0 Å². The van der Waals surface area contributed by atoms with Crippen molar-refractivity contribution in [3.05, 3.63) is 40.9 Å². The van der Waals surface area contributed by atoms with Gasteiger partial charge in [0.1, 0.15) is 0 Å². The molecular weight excluding hydrogens is 566 g/mol. The van der Waals surface area contributed by atoms with Gasteiger partial charge < -0.3 is 19.2 Å². The van der Waals surface area contributed by atoms with E-state index in [0.717, 1.165) is 35.7 Å². The number of hydrogen-bond acceptors (Lipinski definition) is 10. The van der Waals surface area contributed by atoms with E-state index in [-0.39, 0.29) is 29.0 Å². The Labute approximate surface area is 246 Å². The molecule has 0 bridgehead atoms. The number of benzene rings is 1. The van der Waals surface area contributed by atoms with Crippen LogP contribution in [0.1, 0.15) is 43.0 Å². The van der Waals surface area contributed by atoms with Crippen LogP contribution in [0.5, 0.6) is 0 Å². The van der Waals surface area contributed by atoms with Crippen LogP contribution >= 0.6 is 11.3 Å². The lowest BCUT2D eigenvalue weighted by atomic mass is 10.1. The maximum Gasteiger partial charge on any atom is 0.280 e.